The van der Waals surface area contributed by atoms with Crippen LogP contribution in [0.4, 0.5) is 11.8 Å². The first kappa shape index (κ1) is 14.1. The van der Waals surface area contributed by atoms with Crippen LogP contribution in [0, 0.1) is 0 Å². The summed E-state index contributed by atoms with van der Waals surface area (Å²) in [5.41, 5.74) is 8.73. The average molecular weight is 294 g/mol. The van der Waals surface area contributed by atoms with E-state index in [0.717, 1.165) is 33.6 Å². The number of benzene rings is 2. The molecule has 2 aromatic carbocycles. The van der Waals surface area contributed by atoms with Crippen LogP contribution in [-0.2, 0) is 0 Å². The van der Waals surface area contributed by atoms with Crippen LogP contribution in [-0.4, -0.2) is 23.6 Å². The monoisotopic (exact) mass is 294 g/mol. The zero-order valence-corrected chi connectivity index (χ0v) is 12.6. The summed E-state index contributed by atoms with van der Waals surface area (Å²) in [7, 11) is 1.82. The van der Waals surface area contributed by atoms with E-state index in [1.165, 1.54) is 0 Å². The molecule has 112 valence electrons. The van der Waals surface area contributed by atoms with E-state index in [-0.39, 0.29) is 5.95 Å². The van der Waals surface area contributed by atoms with Crippen LogP contribution < -0.4 is 15.8 Å². The zero-order chi connectivity index (χ0) is 15.5. The highest BCUT2D eigenvalue weighted by molar-refractivity contribution is 5.92. The molecule has 1 heterocycles. The van der Waals surface area contributed by atoms with Crippen molar-refractivity contribution in [2.75, 3.05) is 24.7 Å². The Kier molecular flexibility index (Phi) is 3.78. The number of hydrogen-bond acceptors (Lipinski definition) is 5. The van der Waals surface area contributed by atoms with Crippen LogP contribution in [0.15, 0.2) is 42.5 Å². The lowest BCUT2D eigenvalue weighted by Crippen LogP contribution is -2.01. The Bertz CT molecular complexity index is 817. The fraction of sp³-hybridized carbons (Fsp3) is 0.176. The maximum absolute atomic E-state index is 5.77. The predicted octanol–water partition coefficient (Wildman–Crippen LogP) is 3.32. The van der Waals surface area contributed by atoms with E-state index in [2.05, 4.69) is 15.3 Å². The van der Waals surface area contributed by atoms with Crippen molar-refractivity contribution in [2.24, 2.45) is 0 Å². The molecule has 0 aliphatic heterocycles. The molecule has 0 aliphatic carbocycles. The SMILES string of the molecule is CCOc1cccc(-c2ccc3c(NC)nc(N)nc3c2)c1. The van der Waals surface area contributed by atoms with Gasteiger partial charge in [0, 0.05) is 12.4 Å². The molecule has 3 aromatic rings. The topological polar surface area (TPSA) is 73.1 Å². The number of rotatable bonds is 4. The third-order valence-corrected chi connectivity index (χ3v) is 3.43. The van der Waals surface area contributed by atoms with E-state index < -0.39 is 0 Å². The molecule has 0 radical (unpaired) electrons. The lowest BCUT2D eigenvalue weighted by atomic mass is 10.0. The van der Waals surface area contributed by atoms with Gasteiger partial charge in [0.1, 0.15) is 11.6 Å². The van der Waals surface area contributed by atoms with Crippen LogP contribution in [0.25, 0.3) is 22.0 Å². The molecular weight excluding hydrogens is 276 g/mol. The summed E-state index contributed by atoms with van der Waals surface area (Å²) in [6.45, 7) is 2.62. The minimum Gasteiger partial charge on any atom is -0.494 e. The molecule has 5 nitrogen and oxygen atoms in total. The third-order valence-electron chi connectivity index (χ3n) is 3.43. The summed E-state index contributed by atoms with van der Waals surface area (Å²) in [6.07, 6.45) is 0. The van der Waals surface area contributed by atoms with Crippen molar-refractivity contribution < 1.29 is 4.74 Å². The number of hydrogen-bond donors (Lipinski definition) is 2. The van der Waals surface area contributed by atoms with Crippen molar-refractivity contribution in [3.63, 3.8) is 0 Å². The highest BCUT2D eigenvalue weighted by Gasteiger charge is 2.07. The van der Waals surface area contributed by atoms with Gasteiger partial charge in [-0.15, -0.1) is 0 Å². The first-order valence-electron chi connectivity index (χ1n) is 7.19. The fourth-order valence-electron chi connectivity index (χ4n) is 2.45. The summed E-state index contributed by atoms with van der Waals surface area (Å²) in [5, 5.41) is 3.99. The molecule has 0 aliphatic rings. The van der Waals surface area contributed by atoms with Gasteiger partial charge in [-0.05, 0) is 42.3 Å². The Balaban J connectivity index is 2.10. The van der Waals surface area contributed by atoms with Gasteiger partial charge in [-0.1, -0.05) is 18.2 Å². The minimum atomic E-state index is 0.261. The van der Waals surface area contributed by atoms with Crippen LogP contribution >= 0.6 is 0 Å². The predicted molar refractivity (Wildman–Crippen MR) is 90.1 cm³/mol. The number of nitrogens with two attached hydrogens (primary N) is 1. The quantitative estimate of drug-likeness (QED) is 0.772. The van der Waals surface area contributed by atoms with Crippen LogP contribution in [0.2, 0.25) is 0 Å². The van der Waals surface area contributed by atoms with Gasteiger partial charge < -0.3 is 15.8 Å². The molecule has 0 spiro atoms. The third kappa shape index (κ3) is 2.65. The van der Waals surface area contributed by atoms with Gasteiger partial charge in [-0.3, -0.25) is 0 Å². The number of fused-ring (bicyclic) bond motifs is 1. The van der Waals surface area contributed by atoms with Crippen LogP contribution in [0.3, 0.4) is 0 Å². The highest BCUT2D eigenvalue weighted by Crippen LogP contribution is 2.29. The van der Waals surface area contributed by atoms with E-state index in [1.54, 1.807) is 0 Å². The molecule has 22 heavy (non-hydrogen) atoms. The molecule has 0 amide bonds. The van der Waals surface area contributed by atoms with E-state index in [4.69, 9.17) is 10.5 Å². The molecule has 0 saturated carbocycles. The first-order chi connectivity index (χ1) is 10.7. The molecule has 0 saturated heterocycles. The number of nitrogens with one attached hydrogen (secondary N) is 1. The van der Waals surface area contributed by atoms with E-state index >= 15 is 0 Å². The summed E-state index contributed by atoms with van der Waals surface area (Å²) < 4.78 is 5.56. The fourth-order valence-corrected chi connectivity index (χ4v) is 2.45. The van der Waals surface area contributed by atoms with Crippen molar-refractivity contribution in [3.8, 4) is 16.9 Å². The Morgan fingerprint density at radius 3 is 2.68 bits per heavy atom. The lowest BCUT2D eigenvalue weighted by molar-refractivity contribution is 0.340. The molecule has 3 rings (SSSR count). The maximum Gasteiger partial charge on any atom is 0.222 e. The molecule has 5 heteroatoms. The molecule has 1 aromatic heterocycles. The normalized spacial score (nSPS) is 10.6. The molecule has 3 N–H and O–H groups in total. The van der Waals surface area contributed by atoms with Crippen molar-refractivity contribution in [3.05, 3.63) is 42.5 Å². The van der Waals surface area contributed by atoms with Gasteiger partial charge in [0.05, 0.1) is 12.1 Å². The lowest BCUT2D eigenvalue weighted by Gasteiger charge is -2.09. The Morgan fingerprint density at radius 1 is 1.09 bits per heavy atom. The van der Waals surface area contributed by atoms with Gasteiger partial charge >= 0.3 is 0 Å². The summed E-state index contributed by atoms with van der Waals surface area (Å²) in [4.78, 5) is 8.52. The molecular formula is C17H18N4O. The molecule has 0 unspecified atom stereocenters. The van der Waals surface area contributed by atoms with Gasteiger partial charge in [0.15, 0.2) is 0 Å². The second-order valence-corrected chi connectivity index (χ2v) is 4.87. The Hall–Kier alpha value is -2.82. The minimum absolute atomic E-state index is 0.261. The second-order valence-electron chi connectivity index (χ2n) is 4.87. The van der Waals surface area contributed by atoms with Gasteiger partial charge in [0.2, 0.25) is 5.95 Å². The van der Waals surface area contributed by atoms with E-state index in [0.29, 0.717) is 6.61 Å². The number of nitrogens with zero attached hydrogens (tertiary/aromatic N) is 2. The van der Waals surface area contributed by atoms with Crippen molar-refractivity contribution >= 4 is 22.7 Å². The number of ether oxygens (including phenoxy) is 1. The molecule has 0 atom stereocenters. The van der Waals surface area contributed by atoms with Crippen molar-refractivity contribution in [2.45, 2.75) is 6.92 Å². The Morgan fingerprint density at radius 2 is 1.91 bits per heavy atom. The average Bonchev–Trinajstić information content (AvgIpc) is 2.54. The van der Waals surface area contributed by atoms with Gasteiger partial charge in [-0.25, -0.2) is 4.98 Å². The van der Waals surface area contributed by atoms with Crippen LogP contribution in [0.1, 0.15) is 6.92 Å². The summed E-state index contributed by atoms with van der Waals surface area (Å²) in [5.74, 6) is 1.85. The summed E-state index contributed by atoms with van der Waals surface area (Å²) >= 11 is 0. The number of aromatic nitrogens is 2. The Labute approximate surface area is 129 Å². The van der Waals surface area contributed by atoms with Crippen LogP contribution in [0.5, 0.6) is 5.75 Å². The van der Waals surface area contributed by atoms with Crippen molar-refractivity contribution in [1.82, 2.24) is 9.97 Å². The largest absolute Gasteiger partial charge is 0.494 e. The second kappa shape index (κ2) is 5.89. The first-order valence-corrected chi connectivity index (χ1v) is 7.19. The molecule has 0 bridgehead atoms. The van der Waals surface area contributed by atoms with E-state index in [9.17, 15) is 0 Å². The standard InChI is InChI=1S/C17H18N4O/c1-3-22-13-6-4-5-11(9-13)12-7-8-14-15(10-12)20-17(18)21-16(14)19-2/h4-10H,3H2,1-2H3,(H3,18,19,20,21). The van der Waals surface area contributed by atoms with E-state index in [1.807, 2.05) is 56.4 Å². The number of nitrogen functional groups attached to an aromatic ring is 1. The zero-order valence-electron chi connectivity index (χ0n) is 12.6. The smallest absolute Gasteiger partial charge is 0.222 e. The maximum atomic E-state index is 5.77. The molecule has 0 fully saturated rings. The van der Waals surface area contributed by atoms with Crippen molar-refractivity contribution in [1.29, 1.82) is 0 Å². The summed E-state index contributed by atoms with van der Waals surface area (Å²) in [6, 6.07) is 14.1. The highest BCUT2D eigenvalue weighted by atomic mass is 16.5. The van der Waals surface area contributed by atoms with Gasteiger partial charge in [0.25, 0.3) is 0 Å². The number of anilines is 2. The van der Waals surface area contributed by atoms with Gasteiger partial charge in [-0.2, -0.15) is 4.98 Å².